The lowest BCUT2D eigenvalue weighted by Crippen LogP contribution is -2.05. The molecular weight excluding hydrogens is 110 g/mol. The predicted molar refractivity (Wildman–Crippen MR) is 40.2 cm³/mol. The fourth-order valence-corrected chi connectivity index (χ4v) is 1.02. The van der Waals surface area contributed by atoms with E-state index >= 15 is 0 Å². The lowest BCUT2D eigenvalue weighted by atomic mass is 9.97. The van der Waals surface area contributed by atoms with Crippen molar-refractivity contribution in [3.05, 3.63) is 12.2 Å². The van der Waals surface area contributed by atoms with Gasteiger partial charge in [-0.15, -0.1) is 0 Å². The Bertz CT molecular complexity index is 123. The van der Waals surface area contributed by atoms with E-state index in [0.717, 1.165) is 13.0 Å². The molecule has 1 nitrogen and oxygen atoms in total. The van der Waals surface area contributed by atoms with Gasteiger partial charge in [0.05, 0.1) is 0 Å². The average Bonchev–Trinajstić information content (AvgIpc) is 2.50. The number of nitrogens with two attached hydrogens (primary N) is 1. The van der Waals surface area contributed by atoms with Gasteiger partial charge in [-0.05, 0) is 31.2 Å². The van der Waals surface area contributed by atoms with Crippen LogP contribution in [0.5, 0.6) is 0 Å². The molecule has 0 radical (unpaired) electrons. The Morgan fingerprint density at radius 1 is 1.67 bits per heavy atom. The van der Waals surface area contributed by atoms with Crippen molar-refractivity contribution in [2.24, 2.45) is 11.1 Å². The van der Waals surface area contributed by atoms with Gasteiger partial charge in [-0.3, -0.25) is 0 Å². The van der Waals surface area contributed by atoms with E-state index in [-0.39, 0.29) is 0 Å². The van der Waals surface area contributed by atoms with Crippen LogP contribution in [-0.2, 0) is 0 Å². The summed E-state index contributed by atoms with van der Waals surface area (Å²) in [4.78, 5) is 0. The van der Waals surface area contributed by atoms with E-state index in [2.05, 4.69) is 13.5 Å². The summed E-state index contributed by atoms with van der Waals surface area (Å²) in [6.45, 7) is 7.03. The van der Waals surface area contributed by atoms with E-state index in [1.54, 1.807) is 0 Å². The summed E-state index contributed by atoms with van der Waals surface area (Å²) >= 11 is 0. The van der Waals surface area contributed by atoms with Crippen molar-refractivity contribution in [2.75, 3.05) is 6.54 Å². The molecule has 0 aromatic carbocycles. The van der Waals surface area contributed by atoms with Crippen LogP contribution in [0.15, 0.2) is 12.2 Å². The van der Waals surface area contributed by atoms with E-state index in [4.69, 9.17) is 5.73 Å². The van der Waals surface area contributed by atoms with E-state index in [1.807, 2.05) is 0 Å². The smallest absolute Gasteiger partial charge is 0.00398 e. The third-order valence-corrected chi connectivity index (χ3v) is 2.30. The van der Waals surface area contributed by atoms with E-state index < -0.39 is 0 Å². The second kappa shape index (κ2) is 2.14. The molecule has 0 aromatic rings. The van der Waals surface area contributed by atoms with E-state index in [0.29, 0.717) is 5.41 Å². The largest absolute Gasteiger partial charge is 0.330 e. The molecular formula is C8H15N. The zero-order valence-electron chi connectivity index (χ0n) is 6.11. The van der Waals surface area contributed by atoms with Gasteiger partial charge in [0.15, 0.2) is 0 Å². The Morgan fingerprint density at radius 2 is 2.22 bits per heavy atom. The van der Waals surface area contributed by atoms with Crippen LogP contribution < -0.4 is 5.73 Å². The molecule has 0 bridgehead atoms. The third-order valence-electron chi connectivity index (χ3n) is 2.30. The van der Waals surface area contributed by atoms with Crippen LogP contribution in [-0.4, -0.2) is 6.54 Å². The Kier molecular flexibility index (Phi) is 1.62. The molecule has 0 aliphatic heterocycles. The fourth-order valence-electron chi connectivity index (χ4n) is 1.02. The molecule has 0 heterocycles. The SMILES string of the molecule is C=C(CCN)C1(C)CC1. The molecule has 0 saturated heterocycles. The second-order valence-electron chi connectivity index (χ2n) is 3.20. The first-order valence-corrected chi connectivity index (χ1v) is 3.57. The summed E-state index contributed by atoms with van der Waals surface area (Å²) < 4.78 is 0. The van der Waals surface area contributed by atoms with Gasteiger partial charge in [0.2, 0.25) is 0 Å². The number of rotatable bonds is 3. The highest BCUT2D eigenvalue weighted by atomic mass is 14.5. The van der Waals surface area contributed by atoms with Crippen molar-refractivity contribution in [3.8, 4) is 0 Å². The maximum atomic E-state index is 5.39. The molecule has 1 fully saturated rings. The predicted octanol–water partition coefficient (Wildman–Crippen LogP) is 1.69. The van der Waals surface area contributed by atoms with Crippen LogP contribution in [0.1, 0.15) is 26.2 Å². The van der Waals surface area contributed by atoms with Gasteiger partial charge in [0, 0.05) is 0 Å². The van der Waals surface area contributed by atoms with Gasteiger partial charge < -0.3 is 5.73 Å². The minimum absolute atomic E-state index is 0.485. The molecule has 1 aliphatic rings. The van der Waals surface area contributed by atoms with Crippen LogP contribution in [0.4, 0.5) is 0 Å². The lowest BCUT2D eigenvalue weighted by molar-refractivity contribution is 0.650. The Labute approximate surface area is 56.9 Å². The van der Waals surface area contributed by atoms with Crippen LogP contribution in [0, 0.1) is 5.41 Å². The van der Waals surface area contributed by atoms with Gasteiger partial charge >= 0.3 is 0 Å². The van der Waals surface area contributed by atoms with Gasteiger partial charge in [0.1, 0.15) is 0 Å². The molecule has 1 saturated carbocycles. The summed E-state index contributed by atoms with van der Waals surface area (Å²) in [5.41, 5.74) is 7.23. The van der Waals surface area contributed by atoms with Gasteiger partial charge in [0.25, 0.3) is 0 Å². The normalized spacial score (nSPS) is 21.6. The minimum Gasteiger partial charge on any atom is -0.330 e. The monoisotopic (exact) mass is 125 g/mol. The zero-order chi connectivity index (χ0) is 6.91. The van der Waals surface area contributed by atoms with Crippen LogP contribution in [0.3, 0.4) is 0 Å². The first-order valence-electron chi connectivity index (χ1n) is 3.57. The highest BCUT2D eigenvalue weighted by molar-refractivity contribution is 5.16. The molecule has 1 heteroatoms. The lowest BCUT2D eigenvalue weighted by Gasteiger charge is -2.09. The van der Waals surface area contributed by atoms with E-state index in [9.17, 15) is 0 Å². The van der Waals surface area contributed by atoms with Gasteiger partial charge in [-0.1, -0.05) is 19.1 Å². The standard InChI is InChI=1S/C8H15N/c1-7(3-6-9)8(2)4-5-8/h1,3-6,9H2,2H3. The topological polar surface area (TPSA) is 26.0 Å². The molecule has 2 N–H and O–H groups in total. The molecule has 52 valence electrons. The van der Waals surface area contributed by atoms with Crippen molar-refractivity contribution in [1.82, 2.24) is 0 Å². The van der Waals surface area contributed by atoms with Crippen molar-refractivity contribution in [2.45, 2.75) is 26.2 Å². The molecule has 0 unspecified atom stereocenters. The number of hydrogen-bond donors (Lipinski definition) is 1. The fraction of sp³-hybridized carbons (Fsp3) is 0.750. The maximum Gasteiger partial charge on any atom is -0.00398 e. The molecule has 0 amide bonds. The molecule has 0 aromatic heterocycles. The Hall–Kier alpha value is -0.300. The van der Waals surface area contributed by atoms with Crippen molar-refractivity contribution >= 4 is 0 Å². The summed E-state index contributed by atoms with van der Waals surface area (Å²) in [7, 11) is 0. The molecule has 0 spiro atoms. The summed E-state index contributed by atoms with van der Waals surface area (Å²) in [5, 5.41) is 0. The van der Waals surface area contributed by atoms with Crippen LogP contribution >= 0.6 is 0 Å². The minimum atomic E-state index is 0.485. The van der Waals surface area contributed by atoms with Gasteiger partial charge in [-0.25, -0.2) is 0 Å². The van der Waals surface area contributed by atoms with Crippen LogP contribution in [0.2, 0.25) is 0 Å². The number of hydrogen-bond acceptors (Lipinski definition) is 1. The summed E-state index contributed by atoms with van der Waals surface area (Å²) in [6.07, 6.45) is 3.66. The van der Waals surface area contributed by atoms with Crippen molar-refractivity contribution in [3.63, 3.8) is 0 Å². The Morgan fingerprint density at radius 3 is 2.56 bits per heavy atom. The molecule has 9 heavy (non-hydrogen) atoms. The highest BCUT2D eigenvalue weighted by Gasteiger charge is 2.38. The second-order valence-corrected chi connectivity index (χ2v) is 3.20. The zero-order valence-corrected chi connectivity index (χ0v) is 6.11. The first kappa shape index (κ1) is 6.81. The first-order chi connectivity index (χ1) is 4.19. The van der Waals surface area contributed by atoms with E-state index in [1.165, 1.54) is 18.4 Å². The summed E-state index contributed by atoms with van der Waals surface area (Å²) in [6, 6.07) is 0. The van der Waals surface area contributed by atoms with Crippen molar-refractivity contribution in [1.29, 1.82) is 0 Å². The summed E-state index contributed by atoms with van der Waals surface area (Å²) in [5.74, 6) is 0. The molecule has 1 aliphatic carbocycles. The van der Waals surface area contributed by atoms with Crippen LogP contribution in [0.25, 0.3) is 0 Å². The quantitative estimate of drug-likeness (QED) is 0.571. The van der Waals surface area contributed by atoms with Crippen molar-refractivity contribution < 1.29 is 0 Å². The Balaban J connectivity index is 2.34. The molecule has 1 rings (SSSR count). The highest BCUT2D eigenvalue weighted by Crippen LogP contribution is 2.51. The average molecular weight is 125 g/mol. The van der Waals surface area contributed by atoms with Gasteiger partial charge in [-0.2, -0.15) is 0 Å². The molecule has 0 atom stereocenters. The maximum absolute atomic E-state index is 5.39. The third kappa shape index (κ3) is 1.33.